The molecule has 1 heterocycles. The minimum atomic E-state index is -0.355. The molecule has 0 aliphatic carbocycles. The Morgan fingerprint density at radius 1 is 1.56 bits per heavy atom. The molecule has 5 heteroatoms. The van der Waals surface area contributed by atoms with Crippen molar-refractivity contribution >= 4 is 34.0 Å². The van der Waals surface area contributed by atoms with Gasteiger partial charge >= 0.3 is 0 Å². The van der Waals surface area contributed by atoms with E-state index < -0.39 is 0 Å². The average Bonchev–Trinajstić information content (AvgIpc) is 2.38. The molecule has 1 aromatic heterocycles. The summed E-state index contributed by atoms with van der Waals surface area (Å²) in [7, 11) is 0. The van der Waals surface area contributed by atoms with Crippen LogP contribution in [0.3, 0.4) is 0 Å². The SMILES string of the molecule is CSC(C)CNc1c(F)cc(N)c2cccnc12. The molecule has 0 aliphatic heterocycles. The van der Waals surface area contributed by atoms with Gasteiger partial charge in [0.25, 0.3) is 0 Å². The molecule has 18 heavy (non-hydrogen) atoms. The highest BCUT2D eigenvalue weighted by atomic mass is 32.2. The van der Waals surface area contributed by atoms with Crippen LogP contribution in [0.25, 0.3) is 10.9 Å². The fourth-order valence-electron chi connectivity index (χ4n) is 1.73. The van der Waals surface area contributed by atoms with E-state index in [1.807, 2.05) is 12.3 Å². The Kier molecular flexibility index (Phi) is 3.91. The molecule has 0 saturated carbocycles. The van der Waals surface area contributed by atoms with Crippen molar-refractivity contribution in [3.05, 3.63) is 30.2 Å². The summed E-state index contributed by atoms with van der Waals surface area (Å²) in [6.45, 7) is 2.77. The fourth-order valence-corrected chi connectivity index (χ4v) is 1.98. The quantitative estimate of drug-likeness (QED) is 0.834. The Bertz CT molecular complexity index is 559. The van der Waals surface area contributed by atoms with Crippen molar-refractivity contribution < 1.29 is 4.39 Å². The van der Waals surface area contributed by atoms with E-state index in [0.717, 1.165) is 5.39 Å². The van der Waals surface area contributed by atoms with Gasteiger partial charge in [0.05, 0.1) is 11.2 Å². The lowest BCUT2D eigenvalue weighted by Crippen LogP contribution is -2.14. The van der Waals surface area contributed by atoms with E-state index in [-0.39, 0.29) is 5.82 Å². The molecule has 2 rings (SSSR count). The molecule has 1 atom stereocenters. The van der Waals surface area contributed by atoms with Gasteiger partial charge in [-0.2, -0.15) is 11.8 Å². The molecule has 1 aromatic carbocycles. The number of pyridine rings is 1. The second-order valence-corrected chi connectivity index (χ2v) is 5.43. The fraction of sp³-hybridized carbons (Fsp3) is 0.308. The van der Waals surface area contributed by atoms with Gasteiger partial charge in [-0.1, -0.05) is 6.92 Å². The first-order valence-corrected chi connectivity index (χ1v) is 7.01. The number of nitrogens with one attached hydrogen (secondary N) is 1. The van der Waals surface area contributed by atoms with Crippen LogP contribution in [0.1, 0.15) is 6.92 Å². The lowest BCUT2D eigenvalue weighted by Gasteiger charge is -2.14. The van der Waals surface area contributed by atoms with Crippen LogP contribution in [-0.2, 0) is 0 Å². The van der Waals surface area contributed by atoms with Gasteiger partial charge in [-0.05, 0) is 24.5 Å². The highest BCUT2D eigenvalue weighted by Crippen LogP contribution is 2.29. The third-order valence-electron chi connectivity index (χ3n) is 2.85. The third-order valence-corrected chi connectivity index (χ3v) is 3.82. The van der Waals surface area contributed by atoms with E-state index >= 15 is 0 Å². The maximum Gasteiger partial charge on any atom is 0.150 e. The Morgan fingerprint density at radius 2 is 2.33 bits per heavy atom. The van der Waals surface area contributed by atoms with Crippen LogP contribution in [0.4, 0.5) is 15.8 Å². The molecule has 0 radical (unpaired) electrons. The first kappa shape index (κ1) is 13.0. The van der Waals surface area contributed by atoms with Crippen molar-refractivity contribution in [1.82, 2.24) is 4.98 Å². The molecule has 0 aliphatic rings. The Morgan fingerprint density at radius 3 is 3.06 bits per heavy atom. The summed E-state index contributed by atoms with van der Waals surface area (Å²) in [5.41, 5.74) is 7.23. The molecule has 0 spiro atoms. The zero-order valence-corrected chi connectivity index (χ0v) is 11.2. The lowest BCUT2D eigenvalue weighted by molar-refractivity contribution is 0.632. The monoisotopic (exact) mass is 265 g/mol. The Labute approximate surface area is 110 Å². The summed E-state index contributed by atoms with van der Waals surface area (Å²) < 4.78 is 13.9. The van der Waals surface area contributed by atoms with Crippen LogP contribution in [0.15, 0.2) is 24.4 Å². The Balaban J connectivity index is 2.43. The second kappa shape index (κ2) is 5.44. The summed E-state index contributed by atoms with van der Waals surface area (Å²) >= 11 is 1.73. The van der Waals surface area contributed by atoms with Gasteiger partial charge in [-0.3, -0.25) is 4.98 Å². The molecule has 0 fully saturated rings. The van der Waals surface area contributed by atoms with Crippen molar-refractivity contribution in [3.63, 3.8) is 0 Å². The largest absolute Gasteiger partial charge is 0.398 e. The molecule has 96 valence electrons. The van der Waals surface area contributed by atoms with Crippen molar-refractivity contribution in [2.75, 3.05) is 23.9 Å². The number of fused-ring (bicyclic) bond motifs is 1. The van der Waals surface area contributed by atoms with Crippen LogP contribution in [0.2, 0.25) is 0 Å². The van der Waals surface area contributed by atoms with E-state index in [4.69, 9.17) is 5.73 Å². The topological polar surface area (TPSA) is 50.9 Å². The van der Waals surface area contributed by atoms with E-state index in [9.17, 15) is 4.39 Å². The number of benzene rings is 1. The standard InChI is InChI=1S/C13H16FN3S/c1-8(18-2)7-17-13-10(14)6-11(15)9-4-3-5-16-12(9)13/h3-6,8,17H,7,15H2,1-2H3. The maximum absolute atomic E-state index is 13.9. The highest BCUT2D eigenvalue weighted by molar-refractivity contribution is 7.99. The summed E-state index contributed by atoms with van der Waals surface area (Å²) in [5, 5.41) is 4.30. The number of anilines is 2. The number of rotatable bonds is 4. The number of thioether (sulfide) groups is 1. The van der Waals surface area contributed by atoms with Gasteiger partial charge in [0.15, 0.2) is 5.82 Å². The number of hydrogen-bond acceptors (Lipinski definition) is 4. The number of nitrogen functional groups attached to an aromatic ring is 1. The highest BCUT2D eigenvalue weighted by Gasteiger charge is 2.12. The molecular weight excluding hydrogens is 249 g/mol. The number of hydrogen-bond donors (Lipinski definition) is 2. The zero-order chi connectivity index (χ0) is 13.1. The molecule has 0 saturated heterocycles. The van der Waals surface area contributed by atoms with Crippen LogP contribution in [0.5, 0.6) is 0 Å². The third kappa shape index (κ3) is 2.51. The number of aromatic nitrogens is 1. The van der Waals surface area contributed by atoms with Crippen LogP contribution >= 0.6 is 11.8 Å². The smallest absolute Gasteiger partial charge is 0.150 e. The predicted octanol–water partition coefficient (Wildman–Crippen LogP) is 3.12. The first-order chi connectivity index (χ1) is 8.63. The minimum absolute atomic E-state index is 0.355. The van der Waals surface area contributed by atoms with Crippen molar-refractivity contribution in [2.45, 2.75) is 12.2 Å². The molecule has 3 N–H and O–H groups in total. The summed E-state index contributed by atoms with van der Waals surface area (Å²) in [6, 6.07) is 4.99. The predicted molar refractivity (Wildman–Crippen MR) is 77.6 cm³/mol. The van der Waals surface area contributed by atoms with Gasteiger partial charge in [-0.15, -0.1) is 0 Å². The van der Waals surface area contributed by atoms with Gasteiger partial charge < -0.3 is 11.1 Å². The van der Waals surface area contributed by atoms with Crippen LogP contribution in [0, 0.1) is 5.82 Å². The molecular formula is C13H16FN3S. The van der Waals surface area contributed by atoms with Gasteiger partial charge in [0.1, 0.15) is 0 Å². The normalized spacial score (nSPS) is 12.6. The maximum atomic E-state index is 13.9. The van der Waals surface area contributed by atoms with E-state index in [0.29, 0.717) is 28.7 Å². The summed E-state index contributed by atoms with van der Waals surface area (Å²) in [4.78, 5) is 4.22. The minimum Gasteiger partial charge on any atom is -0.398 e. The second-order valence-electron chi connectivity index (χ2n) is 4.15. The van der Waals surface area contributed by atoms with Crippen molar-refractivity contribution in [2.24, 2.45) is 0 Å². The van der Waals surface area contributed by atoms with Crippen molar-refractivity contribution in [3.8, 4) is 0 Å². The molecule has 0 bridgehead atoms. The van der Waals surface area contributed by atoms with E-state index in [2.05, 4.69) is 17.2 Å². The van der Waals surface area contributed by atoms with E-state index in [1.165, 1.54) is 6.07 Å². The summed E-state index contributed by atoms with van der Waals surface area (Å²) in [5.74, 6) is -0.355. The molecule has 1 unspecified atom stereocenters. The molecule has 3 nitrogen and oxygen atoms in total. The van der Waals surface area contributed by atoms with Crippen LogP contribution < -0.4 is 11.1 Å². The zero-order valence-electron chi connectivity index (χ0n) is 10.4. The average molecular weight is 265 g/mol. The van der Waals surface area contributed by atoms with Gasteiger partial charge in [-0.25, -0.2) is 4.39 Å². The summed E-state index contributed by atoms with van der Waals surface area (Å²) in [6.07, 6.45) is 3.67. The first-order valence-electron chi connectivity index (χ1n) is 5.73. The number of nitrogens with zero attached hydrogens (tertiary/aromatic N) is 1. The van der Waals surface area contributed by atoms with E-state index in [1.54, 1.807) is 24.0 Å². The van der Waals surface area contributed by atoms with Crippen molar-refractivity contribution in [1.29, 1.82) is 0 Å². The van der Waals surface area contributed by atoms with Gasteiger partial charge in [0, 0.05) is 29.1 Å². The molecule has 2 aromatic rings. The number of halogens is 1. The van der Waals surface area contributed by atoms with Crippen LogP contribution in [-0.4, -0.2) is 23.0 Å². The molecule has 0 amide bonds. The lowest BCUT2D eigenvalue weighted by atomic mass is 10.1. The number of nitrogens with two attached hydrogens (primary N) is 1. The Hall–Kier alpha value is -1.49. The van der Waals surface area contributed by atoms with Gasteiger partial charge in [0.2, 0.25) is 0 Å².